The molecule has 8 N–H and O–H groups in total. The summed E-state index contributed by atoms with van der Waals surface area (Å²) in [7, 11) is 10.2. The number of ether oxygens (including phenoxy) is 7. The van der Waals surface area contributed by atoms with Crippen LogP contribution in [0.3, 0.4) is 0 Å². The number of hydrogen-bond acceptors (Lipinski definition) is 19. The van der Waals surface area contributed by atoms with E-state index in [1.807, 2.05) is 42.5 Å². The largest absolute Gasteiger partial charge is 0.469 e. The zero-order valence-electron chi connectivity index (χ0n) is 56.9. The number of alkyl halides is 6. The summed E-state index contributed by atoms with van der Waals surface area (Å²) in [5.41, 5.74) is 25.6. The number of likely N-dealkylation sites (N-methyl/N-ethyl adjacent to an activating group) is 2. The van der Waals surface area contributed by atoms with Gasteiger partial charge in [0.05, 0.1) is 33.4 Å². The first-order chi connectivity index (χ1) is 48.5. The standard InChI is InChI=1S/C25H27F2N3O5.C24H23F2N3O4.C22H18F2O5.C2H7N3.ClH/c1-30-21(32)25(29-23(30)28,17-7-9-19(10-8-17)35-22(26)27)18-6-4-5-15(11-18)16-12-24(13-16,34-3)14-20(31)33-2;1-29-21(31)24(28-23(29)27,17-6-8-19(9-7-17)33-22(25)26)18-5-3-4-15(13-18)16-10-14(11-16)12-20(30)32-2;1-28-19(25)11-13-9-17(10-13)15-3-2-4-16(12-15)21(27)20(26)14-5-7-18(8-6-14)29-22(23)24;1-5-2(3)4;/h4-11,16,22H,12-14H2,1-3H3,(H2,28,29);3-9,12-13,16,22H,10-11H2,1-2H3,(H2,27,28);2-8,11-12,17,22H,9-10H2,1H3;1H3,(H4,3,4,5);1H. The predicted octanol–water partition coefficient (Wildman–Crippen LogP) is 10.1. The van der Waals surface area contributed by atoms with Gasteiger partial charge in [-0.05, 0) is 150 Å². The summed E-state index contributed by atoms with van der Waals surface area (Å²) >= 11 is 0. The van der Waals surface area contributed by atoms with Crippen LogP contribution < -0.4 is 37.1 Å². The number of rotatable bonds is 21. The summed E-state index contributed by atoms with van der Waals surface area (Å²) in [6, 6.07) is 38.4. The molecule has 2 atom stereocenters. The zero-order valence-corrected chi connectivity index (χ0v) is 57.7. The number of aliphatic imine (C=N–C) groups is 3. The highest BCUT2D eigenvalue weighted by Crippen LogP contribution is 2.51. The van der Waals surface area contributed by atoms with Crippen molar-refractivity contribution in [3.8, 4) is 17.2 Å². The van der Waals surface area contributed by atoms with Crippen LogP contribution in [0.4, 0.5) is 26.3 Å². The van der Waals surface area contributed by atoms with Crippen molar-refractivity contribution in [1.82, 2.24) is 9.80 Å². The molecule has 2 aliphatic heterocycles. The molecule has 6 aromatic carbocycles. The number of halogens is 7. The molecule has 23 nitrogen and oxygen atoms in total. The van der Waals surface area contributed by atoms with Gasteiger partial charge in [-0.25, -0.2) is 19.6 Å². The fourth-order valence-corrected chi connectivity index (χ4v) is 12.2. The number of guanidine groups is 3. The lowest BCUT2D eigenvalue weighted by Crippen LogP contribution is -2.46. The molecule has 2 unspecified atom stereocenters. The van der Waals surface area contributed by atoms with E-state index in [1.54, 1.807) is 49.6 Å². The smallest absolute Gasteiger partial charge is 0.387 e. The van der Waals surface area contributed by atoms with E-state index < -0.39 is 54.0 Å². The maximum Gasteiger partial charge on any atom is 0.387 e. The van der Waals surface area contributed by atoms with E-state index in [-0.39, 0.29) is 107 Å². The van der Waals surface area contributed by atoms with Gasteiger partial charge in [-0.1, -0.05) is 102 Å². The van der Waals surface area contributed by atoms with Crippen molar-refractivity contribution >= 4 is 71.6 Å². The van der Waals surface area contributed by atoms with Crippen LogP contribution in [-0.2, 0) is 54.0 Å². The van der Waals surface area contributed by atoms with Crippen molar-refractivity contribution in [2.24, 2.45) is 37.9 Å². The summed E-state index contributed by atoms with van der Waals surface area (Å²) < 4.78 is 108. The third kappa shape index (κ3) is 18.5. The number of amides is 2. The van der Waals surface area contributed by atoms with Crippen LogP contribution in [-0.4, -0.2) is 144 Å². The van der Waals surface area contributed by atoms with Crippen molar-refractivity contribution in [1.29, 1.82) is 0 Å². The fraction of sp³-hybridized carbons (Fsp3) is 0.315. The molecule has 3 aliphatic carbocycles. The van der Waals surface area contributed by atoms with Gasteiger partial charge in [-0.2, -0.15) is 26.3 Å². The van der Waals surface area contributed by atoms with Crippen molar-refractivity contribution < 1.29 is 93.1 Å². The van der Waals surface area contributed by atoms with Crippen LogP contribution in [0.1, 0.15) is 122 Å². The maximum absolute atomic E-state index is 13.5. The third-order valence-electron chi connectivity index (χ3n) is 17.9. The highest BCUT2D eigenvalue weighted by molar-refractivity contribution is 6.49. The highest BCUT2D eigenvalue weighted by atomic mass is 35.5. The monoisotopic (exact) mass is 1450 g/mol. The topological polar surface area (TPSA) is 332 Å². The van der Waals surface area contributed by atoms with Gasteiger partial charge in [-0.15, -0.1) is 12.4 Å². The van der Waals surface area contributed by atoms with Crippen molar-refractivity contribution in [2.75, 3.05) is 49.6 Å². The quantitative estimate of drug-likeness (QED) is 0.00760. The second kappa shape index (κ2) is 34.5. The molecule has 11 rings (SSSR count). The average Bonchev–Trinajstić information content (AvgIpc) is 1.64. The number of hydrogen-bond donors (Lipinski definition) is 4. The molecule has 103 heavy (non-hydrogen) atoms. The highest BCUT2D eigenvalue weighted by Gasteiger charge is 2.52. The SMILES string of the molecule is CN=C(N)N.COC(=O)C=C1CC(c2cccc(C(=O)C(=O)c3ccc(OC(F)F)cc3)c2)C1.COC(=O)C=C1CC(c2cccc(C3(c4ccc(OC(F)F)cc4)N=C(N)N(C)C3=O)c2)C1.COC(=O)CC1(OC)CC(c2cccc(C3(c4ccc(OC(F)F)cc4)N=C(N)N(C)C3=O)c2)C1.Cl. The Morgan fingerprint density at radius 1 is 0.524 bits per heavy atom. The lowest BCUT2D eigenvalue weighted by molar-refractivity contribution is -0.155. The first-order valence-electron chi connectivity index (χ1n) is 31.5. The molecular weight excluding hydrogens is 1380 g/mol. The van der Waals surface area contributed by atoms with Crippen LogP contribution in [0, 0.1) is 0 Å². The Morgan fingerprint density at radius 3 is 1.22 bits per heavy atom. The van der Waals surface area contributed by atoms with Crippen molar-refractivity contribution in [3.05, 3.63) is 219 Å². The van der Waals surface area contributed by atoms with Crippen LogP contribution >= 0.6 is 12.4 Å². The van der Waals surface area contributed by atoms with Crippen LogP contribution in [0.2, 0.25) is 0 Å². The minimum Gasteiger partial charge on any atom is -0.469 e. The Hall–Kier alpha value is -11.1. The van der Waals surface area contributed by atoms with E-state index in [0.717, 1.165) is 27.8 Å². The Labute approximate surface area is 594 Å². The number of ketones is 2. The number of benzene rings is 6. The van der Waals surface area contributed by atoms with E-state index in [4.69, 9.17) is 32.4 Å². The summed E-state index contributed by atoms with van der Waals surface area (Å²) in [4.78, 5) is 101. The average molecular weight is 1450 g/mol. The summed E-state index contributed by atoms with van der Waals surface area (Å²) in [6.45, 7) is -8.87. The Bertz CT molecular complexity index is 4230. The molecule has 6 aromatic rings. The van der Waals surface area contributed by atoms with E-state index in [2.05, 4.69) is 38.7 Å². The van der Waals surface area contributed by atoms with Crippen LogP contribution in [0.5, 0.6) is 17.2 Å². The Kier molecular flexibility index (Phi) is 26.6. The van der Waals surface area contributed by atoms with Gasteiger partial charge < -0.3 is 56.1 Å². The number of Topliss-reactive ketones (excluding diaryl/α,β-unsaturated/α-hetero) is 2. The van der Waals surface area contributed by atoms with Gasteiger partial charge in [0.25, 0.3) is 11.8 Å². The molecule has 546 valence electrons. The molecule has 0 spiro atoms. The minimum absolute atomic E-state index is 0. The number of nitrogens with zero attached hydrogens (tertiary/aromatic N) is 5. The molecule has 3 saturated carbocycles. The normalized spacial score (nSPS) is 20.6. The number of esters is 3. The lowest BCUT2D eigenvalue weighted by atomic mass is 9.65. The van der Waals surface area contributed by atoms with E-state index in [1.165, 1.54) is 125 Å². The van der Waals surface area contributed by atoms with Gasteiger partial charge in [-0.3, -0.25) is 38.8 Å². The van der Waals surface area contributed by atoms with Gasteiger partial charge in [0.1, 0.15) is 17.2 Å². The number of methoxy groups -OCH3 is 4. The van der Waals surface area contributed by atoms with Gasteiger partial charge in [0, 0.05) is 51.5 Å². The van der Waals surface area contributed by atoms with Gasteiger partial charge in [0.2, 0.25) is 11.6 Å². The number of carbonyl (C=O) groups excluding carboxylic acids is 7. The molecule has 30 heteroatoms. The van der Waals surface area contributed by atoms with Crippen molar-refractivity contribution in [2.45, 2.75) is 99.2 Å². The number of allylic oxidation sites excluding steroid dienone is 2. The summed E-state index contributed by atoms with van der Waals surface area (Å²) in [6.07, 6.45) is 7.18. The molecule has 3 fully saturated rings. The van der Waals surface area contributed by atoms with E-state index in [0.29, 0.717) is 60.8 Å². The molecule has 0 radical (unpaired) electrons. The number of nitrogens with two attached hydrogens (primary N) is 4. The predicted molar refractivity (Wildman–Crippen MR) is 369 cm³/mol. The first kappa shape index (κ1) is 79.3. The molecule has 0 bridgehead atoms. The maximum atomic E-state index is 13.5. The van der Waals surface area contributed by atoms with Crippen LogP contribution in [0.15, 0.2) is 184 Å². The Balaban J connectivity index is 0.000000209. The Morgan fingerprint density at radius 2 is 0.883 bits per heavy atom. The van der Waals surface area contributed by atoms with Gasteiger partial charge >= 0.3 is 37.7 Å². The second-order valence-electron chi connectivity index (χ2n) is 24.1. The molecule has 0 saturated heterocycles. The summed E-state index contributed by atoms with van der Waals surface area (Å²) in [5, 5.41) is 0. The first-order valence-corrected chi connectivity index (χ1v) is 31.5. The molecule has 5 aliphatic rings. The summed E-state index contributed by atoms with van der Waals surface area (Å²) in [5.74, 6) is -2.66. The molecular formula is C73H76ClF6N9O14. The van der Waals surface area contributed by atoms with E-state index in [9.17, 15) is 59.9 Å². The zero-order chi connectivity index (χ0) is 74.4. The molecule has 2 heterocycles. The van der Waals surface area contributed by atoms with Crippen LogP contribution in [0.25, 0.3) is 0 Å². The van der Waals surface area contributed by atoms with E-state index >= 15 is 0 Å². The second-order valence-corrected chi connectivity index (χ2v) is 24.1. The van der Waals surface area contributed by atoms with Gasteiger partial charge in [0.15, 0.2) is 29.0 Å². The molecule has 2 amide bonds. The third-order valence-corrected chi connectivity index (χ3v) is 17.9. The lowest BCUT2D eigenvalue weighted by Gasteiger charge is -2.46. The van der Waals surface area contributed by atoms with Crippen molar-refractivity contribution in [3.63, 3.8) is 0 Å². The minimum atomic E-state index is -2.96. The fourth-order valence-electron chi connectivity index (χ4n) is 12.2. The number of carbonyl (C=O) groups is 7. The molecule has 0 aromatic heterocycles.